The second-order valence-corrected chi connectivity index (χ2v) is 6.19. The number of carboxylic acids is 1. The first-order valence-electron chi connectivity index (χ1n) is 7.28. The Bertz CT molecular complexity index is 501. The van der Waals surface area contributed by atoms with E-state index in [-0.39, 0.29) is 17.9 Å². The van der Waals surface area contributed by atoms with Crippen LogP contribution in [-0.4, -0.2) is 33.3 Å². The average molecular weight is 295 g/mol. The molecule has 1 amide bonds. The maximum absolute atomic E-state index is 12.1. The lowest BCUT2D eigenvalue weighted by atomic mass is 10.1. The van der Waals surface area contributed by atoms with E-state index in [0.29, 0.717) is 18.5 Å². The van der Waals surface area contributed by atoms with Crippen LogP contribution in [-0.2, 0) is 10.3 Å². The Labute approximate surface area is 125 Å². The summed E-state index contributed by atoms with van der Waals surface area (Å²) in [5.74, 6) is -0.898. The Morgan fingerprint density at radius 2 is 1.95 bits per heavy atom. The van der Waals surface area contributed by atoms with Gasteiger partial charge in [-0.15, -0.1) is 0 Å². The molecular formula is C15H25N3O3. The van der Waals surface area contributed by atoms with Crippen LogP contribution >= 0.6 is 0 Å². The van der Waals surface area contributed by atoms with Gasteiger partial charge >= 0.3 is 5.97 Å². The van der Waals surface area contributed by atoms with Crippen LogP contribution < -0.4 is 5.32 Å². The number of hydrogen-bond acceptors (Lipinski definition) is 3. The van der Waals surface area contributed by atoms with Crippen molar-refractivity contribution in [2.24, 2.45) is 0 Å². The number of nitrogens with zero attached hydrogens (tertiary/aromatic N) is 2. The molecule has 0 saturated carbocycles. The molecule has 1 aromatic heterocycles. The van der Waals surface area contributed by atoms with E-state index in [2.05, 4.69) is 10.4 Å². The van der Waals surface area contributed by atoms with Gasteiger partial charge in [0.15, 0.2) is 0 Å². The Balaban J connectivity index is 2.43. The molecule has 0 unspecified atom stereocenters. The smallest absolute Gasteiger partial charge is 0.303 e. The lowest BCUT2D eigenvalue weighted by Gasteiger charge is -2.21. The number of carbonyl (C=O) groups excluding carboxylic acids is 1. The van der Waals surface area contributed by atoms with E-state index in [1.54, 1.807) is 6.20 Å². The molecule has 0 aromatic carbocycles. The molecule has 0 saturated heterocycles. The minimum absolute atomic E-state index is 0.124. The van der Waals surface area contributed by atoms with Crippen molar-refractivity contribution in [3.8, 4) is 0 Å². The molecule has 0 radical (unpaired) electrons. The molecule has 0 aliphatic rings. The van der Waals surface area contributed by atoms with Crippen LogP contribution in [0.3, 0.4) is 0 Å². The fraction of sp³-hybridized carbons (Fsp3) is 0.667. The van der Waals surface area contributed by atoms with Gasteiger partial charge in [0.2, 0.25) is 0 Å². The standard InChI is InChI=1S/C15H25N3O3/c1-11-12(10-17-18(11)15(2,3)4)14(21)16-9-7-5-6-8-13(19)20/h10H,5-9H2,1-4H3,(H,16,21)(H,19,20). The summed E-state index contributed by atoms with van der Waals surface area (Å²) in [5.41, 5.74) is 1.29. The summed E-state index contributed by atoms with van der Waals surface area (Å²) in [6.45, 7) is 8.56. The van der Waals surface area contributed by atoms with Gasteiger partial charge in [-0.3, -0.25) is 14.3 Å². The zero-order valence-corrected chi connectivity index (χ0v) is 13.3. The molecule has 0 atom stereocenters. The molecule has 0 aliphatic carbocycles. The van der Waals surface area contributed by atoms with Gasteiger partial charge in [0.25, 0.3) is 5.91 Å². The number of aliphatic carboxylic acids is 1. The van der Waals surface area contributed by atoms with Crippen molar-refractivity contribution in [2.75, 3.05) is 6.54 Å². The minimum atomic E-state index is -0.774. The van der Waals surface area contributed by atoms with E-state index >= 15 is 0 Å². The van der Waals surface area contributed by atoms with E-state index < -0.39 is 5.97 Å². The van der Waals surface area contributed by atoms with Crippen molar-refractivity contribution in [1.29, 1.82) is 0 Å². The predicted molar refractivity (Wildman–Crippen MR) is 80.4 cm³/mol. The minimum Gasteiger partial charge on any atom is -0.481 e. The van der Waals surface area contributed by atoms with Crippen LogP contribution in [0.1, 0.15) is 62.5 Å². The molecule has 0 bridgehead atoms. The molecule has 0 aliphatic heterocycles. The van der Waals surface area contributed by atoms with Gasteiger partial charge in [0.1, 0.15) is 0 Å². The van der Waals surface area contributed by atoms with E-state index in [1.807, 2.05) is 32.4 Å². The van der Waals surface area contributed by atoms with Crippen molar-refractivity contribution in [2.45, 2.75) is 58.9 Å². The first-order valence-corrected chi connectivity index (χ1v) is 7.28. The third kappa shape index (κ3) is 5.21. The van der Waals surface area contributed by atoms with Crippen LogP contribution in [0.25, 0.3) is 0 Å². The maximum atomic E-state index is 12.1. The number of aromatic nitrogens is 2. The number of carboxylic acid groups (broad SMARTS) is 1. The Morgan fingerprint density at radius 3 is 2.48 bits per heavy atom. The molecular weight excluding hydrogens is 270 g/mol. The number of carbonyl (C=O) groups is 2. The highest BCUT2D eigenvalue weighted by Crippen LogP contribution is 2.18. The van der Waals surface area contributed by atoms with Crippen molar-refractivity contribution >= 4 is 11.9 Å². The quantitative estimate of drug-likeness (QED) is 0.756. The molecule has 21 heavy (non-hydrogen) atoms. The van der Waals surface area contributed by atoms with Crippen molar-refractivity contribution in [1.82, 2.24) is 15.1 Å². The fourth-order valence-electron chi connectivity index (χ4n) is 2.18. The lowest BCUT2D eigenvalue weighted by Crippen LogP contribution is -2.27. The summed E-state index contributed by atoms with van der Waals surface area (Å²) in [4.78, 5) is 22.5. The van der Waals surface area contributed by atoms with Gasteiger partial charge in [0, 0.05) is 18.7 Å². The Morgan fingerprint density at radius 1 is 1.29 bits per heavy atom. The average Bonchev–Trinajstić information content (AvgIpc) is 2.74. The zero-order chi connectivity index (χ0) is 16.0. The molecule has 118 valence electrons. The van der Waals surface area contributed by atoms with Crippen molar-refractivity contribution in [3.63, 3.8) is 0 Å². The lowest BCUT2D eigenvalue weighted by molar-refractivity contribution is -0.137. The van der Waals surface area contributed by atoms with Gasteiger partial charge in [-0.05, 0) is 40.5 Å². The summed E-state index contributed by atoms with van der Waals surface area (Å²) in [7, 11) is 0. The van der Waals surface area contributed by atoms with Gasteiger partial charge < -0.3 is 10.4 Å². The predicted octanol–water partition coefficient (Wildman–Crippen LogP) is 2.32. The summed E-state index contributed by atoms with van der Waals surface area (Å²) in [5, 5.41) is 15.7. The maximum Gasteiger partial charge on any atom is 0.303 e. The molecule has 6 heteroatoms. The molecule has 0 spiro atoms. The first kappa shape index (κ1) is 17.2. The second kappa shape index (κ2) is 7.24. The van der Waals surface area contributed by atoms with Gasteiger partial charge in [-0.2, -0.15) is 5.10 Å². The van der Waals surface area contributed by atoms with Crippen molar-refractivity contribution in [3.05, 3.63) is 17.5 Å². The van der Waals surface area contributed by atoms with Gasteiger partial charge in [0.05, 0.1) is 17.3 Å². The highest BCUT2D eigenvalue weighted by molar-refractivity contribution is 5.95. The van der Waals surface area contributed by atoms with Crippen LogP contribution in [0, 0.1) is 6.92 Å². The number of amides is 1. The summed E-state index contributed by atoms with van der Waals surface area (Å²) in [6, 6.07) is 0. The molecule has 1 heterocycles. The summed E-state index contributed by atoms with van der Waals surface area (Å²) >= 11 is 0. The molecule has 2 N–H and O–H groups in total. The topological polar surface area (TPSA) is 84.2 Å². The van der Waals surface area contributed by atoms with Crippen LogP contribution in [0.5, 0.6) is 0 Å². The third-order valence-corrected chi connectivity index (χ3v) is 3.24. The number of hydrogen-bond donors (Lipinski definition) is 2. The summed E-state index contributed by atoms with van der Waals surface area (Å²) in [6.07, 6.45) is 4.01. The monoisotopic (exact) mass is 295 g/mol. The van der Waals surface area contributed by atoms with Gasteiger partial charge in [-0.25, -0.2) is 0 Å². The van der Waals surface area contributed by atoms with E-state index in [0.717, 1.165) is 18.5 Å². The number of unbranched alkanes of at least 4 members (excludes halogenated alkanes) is 2. The summed E-state index contributed by atoms with van der Waals surface area (Å²) < 4.78 is 1.84. The highest BCUT2D eigenvalue weighted by Gasteiger charge is 2.21. The van der Waals surface area contributed by atoms with E-state index in [4.69, 9.17) is 5.11 Å². The third-order valence-electron chi connectivity index (χ3n) is 3.24. The Kier molecular flexibility index (Phi) is 5.93. The molecule has 1 aromatic rings. The normalized spacial score (nSPS) is 11.4. The number of rotatable bonds is 7. The van der Waals surface area contributed by atoms with E-state index in [1.165, 1.54) is 0 Å². The Hall–Kier alpha value is -1.85. The SMILES string of the molecule is Cc1c(C(=O)NCCCCCC(=O)O)cnn1C(C)(C)C. The largest absolute Gasteiger partial charge is 0.481 e. The fourth-order valence-corrected chi connectivity index (χ4v) is 2.18. The molecule has 1 rings (SSSR count). The zero-order valence-electron chi connectivity index (χ0n) is 13.3. The first-order chi connectivity index (χ1) is 9.73. The molecule has 0 fully saturated rings. The number of nitrogens with one attached hydrogen (secondary N) is 1. The molecule has 6 nitrogen and oxygen atoms in total. The van der Waals surface area contributed by atoms with Crippen LogP contribution in [0.4, 0.5) is 0 Å². The highest BCUT2D eigenvalue weighted by atomic mass is 16.4. The second-order valence-electron chi connectivity index (χ2n) is 6.19. The van der Waals surface area contributed by atoms with Crippen LogP contribution in [0.15, 0.2) is 6.20 Å². The van der Waals surface area contributed by atoms with Gasteiger partial charge in [-0.1, -0.05) is 6.42 Å². The van der Waals surface area contributed by atoms with Crippen LogP contribution in [0.2, 0.25) is 0 Å². The van der Waals surface area contributed by atoms with Crippen molar-refractivity contribution < 1.29 is 14.7 Å². The van der Waals surface area contributed by atoms with E-state index in [9.17, 15) is 9.59 Å².